The molecule has 0 spiro atoms. The first-order valence-corrected chi connectivity index (χ1v) is 4.31. The summed E-state index contributed by atoms with van der Waals surface area (Å²) in [5, 5.41) is 1.86. The van der Waals surface area contributed by atoms with Crippen molar-refractivity contribution in [3.8, 4) is 0 Å². The number of fused-ring (bicyclic) bond motifs is 1. The average Bonchev–Trinajstić information content (AvgIpc) is 2.48. The van der Waals surface area contributed by atoms with Crippen LogP contribution >= 0.6 is 0 Å². The third kappa shape index (κ3) is 1.23. The smallest absolute Gasteiger partial charge is 0.128 e. The molecule has 0 fully saturated rings. The maximum absolute atomic E-state index is 13.2. The Hall–Kier alpha value is -1.29. The minimum Gasteiger partial charge on any atom is -0.302 e. The van der Waals surface area contributed by atoms with Crippen LogP contribution in [0.15, 0.2) is 12.1 Å². The van der Waals surface area contributed by atoms with Gasteiger partial charge in [-0.2, -0.15) is 0 Å². The molecular weight excluding hydrogens is 169 g/mol. The molecule has 1 aromatic rings. The van der Waals surface area contributed by atoms with E-state index in [9.17, 15) is 4.39 Å². The van der Waals surface area contributed by atoms with Gasteiger partial charge in [0.25, 0.3) is 0 Å². The number of anilines is 2. The topological polar surface area (TPSA) is 27.3 Å². The summed E-state index contributed by atoms with van der Waals surface area (Å²) in [6.07, 6.45) is 0. The maximum atomic E-state index is 13.2. The highest BCUT2D eigenvalue weighted by molar-refractivity contribution is 5.73. The second-order valence-electron chi connectivity index (χ2n) is 3.10. The predicted molar refractivity (Wildman–Crippen MR) is 50.9 cm³/mol. The van der Waals surface area contributed by atoms with E-state index in [-0.39, 0.29) is 5.82 Å². The van der Waals surface area contributed by atoms with E-state index in [0.717, 1.165) is 17.9 Å². The van der Waals surface area contributed by atoms with Gasteiger partial charge in [0.2, 0.25) is 0 Å². The molecule has 0 aromatic heterocycles. The van der Waals surface area contributed by atoms with E-state index in [1.807, 2.05) is 11.9 Å². The van der Waals surface area contributed by atoms with Crippen LogP contribution in [-0.2, 0) is 0 Å². The Morgan fingerprint density at radius 3 is 2.92 bits per heavy atom. The van der Waals surface area contributed by atoms with Crippen molar-refractivity contribution in [3.63, 3.8) is 0 Å². The van der Waals surface area contributed by atoms with Crippen molar-refractivity contribution >= 4 is 11.4 Å². The number of hydrogen-bond acceptors (Lipinski definition) is 3. The highest BCUT2D eigenvalue weighted by atomic mass is 19.1. The SMILES string of the molecule is CCN1NNc2cc(C)c(F)cc21. The van der Waals surface area contributed by atoms with E-state index < -0.39 is 0 Å². The Balaban J connectivity index is 2.47. The maximum Gasteiger partial charge on any atom is 0.128 e. The monoisotopic (exact) mass is 181 g/mol. The Morgan fingerprint density at radius 2 is 2.23 bits per heavy atom. The number of halogens is 1. The van der Waals surface area contributed by atoms with Gasteiger partial charge in [0, 0.05) is 12.6 Å². The largest absolute Gasteiger partial charge is 0.302 e. The summed E-state index contributed by atoms with van der Waals surface area (Å²) in [5.41, 5.74) is 8.38. The van der Waals surface area contributed by atoms with Crippen LogP contribution < -0.4 is 16.0 Å². The van der Waals surface area contributed by atoms with Crippen LogP contribution in [0.25, 0.3) is 0 Å². The van der Waals surface area contributed by atoms with Crippen LogP contribution in [-0.4, -0.2) is 6.54 Å². The summed E-state index contributed by atoms with van der Waals surface area (Å²) in [4.78, 5) is 0. The fraction of sp³-hybridized carbons (Fsp3) is 0.333. The zero-order valence-corrected chi connectivity index (χ0v) is 7.69. The highest BCUT2D eigenvalue weighted by Crippen LogP contribution is 2.30. The van der Waals surface area contributed by atoms with Gasteiger partial charge in [-0.05, 0) is 25.5 Å². The number of aryl methyl sites for hydroxylation is 1. The Bertz CT molecular complexity index is 338. The first-order chi connectivity index (χ1) is 6.22. The lowest BCUT2D eigenvalue weighted by Crippen LogP contribution is -2.35. The molecule has 1 aliphatic heterocycles. The van der Waals surface area contributed by atoms with E-state index in [1.54, 1.807) is 19.1 Å². The van der Waals surface area contributed by atoms with Gasteiger partial charge in [-0.1, -0.05) is 0 Å². The van der Waals surface area contributed by atoms with Crippen molar-refractivity contribution in [2.45, 2.75) is 13.8 Å². The Labute approximate surface area is 76.5 Å². The van der Waals surface area contributed by atoms with E-state index in [1.165, 1.54) is 0 Å². The molecule has 0 atom stereocenters. The number of rotatable bonds is 1. The molecule has 70 valence electrons. The van der Waals surface area contributed by atoms with Crippen molar-refractivity contribution in [2.75, 3.05) is 17.0 Å². The lowest BCUT2D eigenvalue weighted by molar-refractivity contribution is 0.618. The summed E-state index contributed by atoms with van der Waals surface area (Å²) in [7, 11) is 0. The van der Waals surface area contributed by atoms with Crippen molar-refractivity contribution in [2.24, 2.45) is 0 Å². The number of benzene rings is 1. The molecular formula is C9H12FN3. The van der Waals surface area contributed by atoms with E-state index in [2.05, 4.69) is 11.0 Å². The second kappa shape index (κ2) is 2.88. The summed E-state index contributed by atoms with van der Waals surface area (Å²) >= 11 is 0. The normalized spacial score (nSPS) is 14.2. The standard InChI is InChI=1S/C9H12FN3/c1-3-13-9-5-7(10)6(2)4-8(9)11-12-13/h4-5,11-12H,3H2,1-2H3. The van der Waals surface area contributed by atoms with Gasteiger partial charge in [0.1, 0.15) is 5.82 Å². The van der Waals surface area contributed by atoms with Crippen LogP contribution in [0.2, 0.25) is 0 Å². The van der Waals surface area contributed by atoms with Gasteiger partial charge in [-0.3, -0.25) is 5.01 Å². The molecule has 0 amide bonds. The van der Waals surface area contributed by atoms with Crippen molar-refractivity contribution in [3.05, 3.63) is 23.5 Å². The molecule has 1 heterocycles. The molecule has 0 aliphatic carbocycles. The van der Waals surface area contributed by atoms with E-state index in [0.29, 0.717) is 5.56 Å². The number of hydrazine groups is 2. The summed E-state index contributed by atoms with van der Waals surface area (Å²) < 4.78 is 13.2. The molecule has 0 saturated carbocycles. The van der Waals surface area contributed by atoms with Crippen molar-refractivity contribution < 1.29 is 4.39 Å². The fourth-order valence-corrected chi connectivity index (χ4v) is 1.43. The minimum absolute atomic E-state index is 0.164. The van der Waals surface area contributed by atoms with Crippen LogP contribution in [0.3, 0.4) is 0 Å². The Kier molecular flexibility index (Phi) is 1.84. The molecule has 0 unspecified atom stereocenters. The molecule has 0 bridgehead atoms. The highest BCUT2D eigenvalue weighted by Gasteiger charge is 2.18. The number of nitrogens with one attached hydrogen (secondary N) is 2. The van der Waals surface area contributed by atoms with Gasteiger partial charge in [0.05, 0.1) is 11.4 Å². The van der Waals surface area contributed by atoms with Crippen molar-refractivity contribution in [1.82, 2.24) is 5.53 Å². The van der Waals surface area contributed by atoms with Crippen molar-refractivity contribution in [1.29, 1.82) is 0 Å². The van der Waals surface area contributed by atoms with Gasteiger partial charge in [-0.25, -0.2) is 4.39 Å². The van der Waals surface area contributed by atoms with Gasteiger partial charge in [-0.15, -0.1) is 5.53 Å². The minimum atomic E-state index is -0.164. The summed E-state index contributed by atoms with van der Waals surface area (Å²) in [5.74, 6) is -0.164. The van der Waals surface area contributed by atoms with Crippen LogP contribution in [0.1, 0.15) is 12.5 Å². The molecule has 0 radical (unpaired) electrons. The lowest BCUT2D eigenvalue weighted by atomic mass is 10.2. The third-order valence-corrected chi connectivity index (χ3v) is 2.21. The van der Waals surface area contributed by atoms with E-state index in [4.69, 9.17) is 0 Å². The molecule has 1 aliphatic rings. The van der Waals surface area contributed by atoms with E-state index >= 15 is 0 Å². The third-order valence-electron chi connectivity index (χ3n) is 2.21. The van der Waals surface area contributed by atoms with Gasteiger partial charge >= 0.3 is 0 Å². The number of nitrogens with zero attached hydrogens (tertiary/aromatic N) is 1. The molecule has 3 nitrogen and oxygen atoms in total. The first kappa shape index (κ1) is 8.31. The van der Waals surface area contributed by atoms with Crippen LogP contribution in [0.5, 0.6) is 0 Å². The molecule has 1 aromatic carbocycles. The zero-order chi connectivity index (χ0) is 9.42. The van der Waals surface area contributed by atoms with Gasteiger partial charge < -0.3 is 5.43 Å². The molecule has 2 rings (SSSR count). The van der Waals surface area contributed by atoms with Gasteiger partial charge in [0.15, 0.2) is 0 Å². The molecule has 13 heavy (non-hydrogen) atoms. The van der Waals surface area contributed by atoms with Crippen LogP contribution in [0, 0.1) is 12.7 Å². The number of hydrogen-bond donors (Lipinski definition) is 2. The zero-order valence-electron chi connectivity index (χ0n) is 7.69. The fourth-order valence-electron chi connectivity index (χ4n) is 1.43. The first-order valence-electron chi connectivity index (χ1n) is 4.31. The molecule has 4 heteroatoms. The lowest BCUT2D eigenvalue weighted by Gasteiger charge is -2.14. The second-order valence-corrected chi connectivity index (χ2v) is 3.10. The Morgan fingerprint density at radius 1 is 1.46 bits per heavy atom. The summed E-state index contributed by atoms with van der Waals surface area (Å²) in [6.45, 7) is 4.55. The predicted octanol–water partition coefficient (Wildman–Crippen LogP) is 1.81. The summed E-state index contributed by atoms with van der Waals surface area (Å²) in [6, 6.07) is 3.34. The quantitative estimate of drug-likeness (QED) is 0.691. The average molecular weight is 181 g/mol. The molecule has 0 saturated heterocycles. The molecule has 2 N–H and O–H groups in total. The van der Waals surface area contributed by atoms with Crippen LogP contribution in [0.4, 0.5) is 15.8 Å².